The van der Waals surface area contributed by atoms with Gasteiger partial charge in [0, 0.05) is 51.8 Å². The summed E-state index contributed by atoms with van der Waals surface area (Å²) in [6.07, 6.45) is 0. The van der Waals surface area contributed by atoms with E-state index in [1.807, 2.05) is 28.8 Å². The van der Waals surface area contributed by atoms with Crippen molar-refractivity contribution in [1.29, 1.82) is 0 Å². The minimum absolute atomic E-state index is 0.325. The first-order valence-electron chi connectivity index (χ1n) is 9.65. The Morgan fingerprint density at radius 2 is 1.59 bits per heavy atom. The first-order chi connectivity index (χ1) is 13.8. The first-order valence-corrected chi connectivity index (χ1v) is 10.0. The van der Waals surface area contributed by atoms with Crippen LogP contribution in [0.4, 0.5) is 0 Å². The van der Waals surface area contributed by atoms with Crippen LogP contribution in [-0.4, -0.2) is 61.7 Å². The summed E-state index contributed by atoms with van der Waals surface area (Å²) in [4.78, 5) is 34.7. The van der Waals surface area contributed by atoms with Crippen molar-refractivity contribution in [2.24, 2.45) is 14.1 Å². The second-order valence-electron chi connectivity index (χ2n) is 7.70. The quantitative estimate of drug-likeness (QED) is 0.631. The number of hydrogen-bond acceptors (Lipinski definition) is 5. The number of nitrogens with zero attached hydrogens (tertiary/aromatic N) is 6. The molecule has 4 rings (SSSR count). The summed E-state index contributed by atoms with van der Waals surface area (Å²) < 4.78 is 4.53. The highest BCUT2D eigenvalue weighted by Crippen LogP contribution is 2.18. The molecule has 1 aliphatic heterocycles. The van der Waals surface area contributed by atoms with E-state index in [0.29, 0.717) is 29.3 Å². The lowest BCUT2D eigenvalue weighted by molar-refractivity contribution is 0.144. The molecule has 3 aromatic rings. The van der Waals surface area contributed by atoms with Gasteiger partial charge in [-0.2, -0.15) is 0 Å². The zero-order valence-corrected chi connectivity index (χ0v) is 17.7. The lowest BCUT2D eigenvalue weighted by Crippen LogP contribution is -2.44. The minimum atomic E-state index is -0.371. The Kier molecular flexibility index (Phi) is 5.33. The van der Waals surface area contributed by atoms with Crippen LogP contribution in [0, 0.1) is 0 Å². The fourth-order valence-corrected chi connectivity index (χ4v) is 3.89. The van der Waals surface area contributed by atoms with Crippen LogP contribution in [0.15, 0.2) is 33.9 Å². The Morgan fingerprint density at radius 3 is 2.24 bits per heavy atom. The predicted molar refractivity (Wildman–Crippen MR) is 114 cm³/mol. The summed E-state index contributed by atoms with van der Waals surface area (Å²) in [6, 6.07) is 7.56. The number of aryl methyl sites for hydroxylation is 1. The topological polar surface area (TPSA) is 68.3 Å². The Labute approximate surface area is 173 Å². The largest absolute Gasteiger partial charge is 0.332 e. The third-order valence-electron chi connectivity index (χ3n) is 5.64. The average molecular weight is 417 g/mol. The van der Waals surface area contributed by atoms with Gasteiger partial charge < -0.3 is 9.47 Å². The Bertz CT molecular complexity index is 1150. The third-order valence-corrected chi connectivity index (χ3v) is 5.89. The number of halogens is 1. The van der Waals surface area contributed by atoms with E-state index in [0.717, 1.165) is 42.1 Å². The highest BCUT2D eigenvalue weighted by molar-refractivity contribution is 6.30. The van der Waals surface area contributed by atoms with E-state index >= 15 is 0 Å². The maximum atomic E-state index is 13.0. The molecular weight excluding hydrogens is 392 g/mol. The molecule has 1 aliphatic rings. The number of rotatable bonds is 4. The maximum Gasteiger partial charge on any atom is 0.332 e. The van der Waals surface area contributed by atoms with Crippen LogP contribution in [0.25, 0.3) is 11.2 Å². The molecule has 0 bridgehead atoms. The minimum Gasteiger partial charge on any atom is -0.317 e. The Morgan fingerprint density at radius 1 is 0.931 bits per heavy atom. The van der Waals surface area contributed by atoms with Gasteiger partial charge in [-0.05, 0) is 24.7 Å². The van der Waals surface area contributed by atoms with Gasteiger partial charge in [0.1, 0.15) is 5.82 Å². The van der Waals surface area contributed by atoms with E-state index in [2.05, 4.69) is 16.8 Å². The van der Waals surface area contributed by atoms with E-state index in [9.17, 15) is 9.59 Å². The van der Waals surface area contributed by atoms with Gasteiger partial charge in [0.15, 0.2) is 11.2 Å². The summed E-state index contributed by atoms with van der Waals surface area (Å²) >= 11 is 6.02. The number of aromatic nitrogens is 4. The first kappa shape index (κ1) is 19.9. The van der Waals surface area contributed by atoms with Crippen molar-refractivity contribution >= 4 is 22.8 Å². The molecule has 0 saturated carbocycles. The SMILES string of the molecule is CN1CCN(Cc2nc3c(c(=O)n(C)c(=O)n3C)n2Cc2ccc(Cl)cc2)CC1. The molecule has 3 heterocycles. The van der Waals surface area contributed by atoms with Gasteiger partial charge in [-0.3, -0.25) is 18.8 Å². The van der Waals surface area contributed by atoms with E-state index < -0.39 is 0 Å². The number of likely N-dealkylation sites (N-methyl/N-ethyl adjacent to an activating group) is 1. The highest BCUT2D eigenvalue weighted by Gasteiger charge is 2.22. The van der Waals surface area contributed by atoms with Gasteiger partial charge in [-0.25, -0.2) is 9.78 Å². The second kappa shape index (κ2) is 7.78. The molecule has 1 saturated heterocycles. The number of hydrogen-bond donors (Lipinski definition) is 0. The van der Waals surface area contributed by atoms with Crippen LogP contribution in [-0.2, 0) is 27.2 Å². The van der Waals surface area contributed by atoms with E-state index in [1.165, 1.54) is 11.6 Å². The van der Waals surface area contributed by atoms with Crippen LogP contribution in [0.2, 0.25) is 5.02 Å². The van der Waals surface area contributed by atoms with E-state index in [-0.39, 0.29) is 11.2 Å². The Balaban J connectivity index is 1.83. The van der Waals surface area contributed by atoms with Crippen LogP contribution in [0.5, 0.6) is 0 Å². The molecule has 1 aromatic carbocycles. The van der Waals surface area contributed by atoms with Crippen LogP contribution in [0.1, 0.15) is 11.4 Å². The van der Waals surface area contributed by atoms with Crippen molar-refractivity contribution in [1.82, 2.24) is 28.5 Å². The van der Waals surface area contributed by atoms with Gasteiger partial charge in [0.05, 0.1) is 6.54 Å². The van der Waals surface area contributed by atoms with Crippen LogP contribution < -0.4 is 11.2 Å². The summed E-state index contributed by atoms with van der Waals surface area (Å²) in [5.74, 6) is 0.790. The van der Waals surface area contributed by atoms with Gasteiger partial charge >= 0.3 is 5.69 Å². The van der Waals surface area contributed by atoms with Crippen molar-refractivity contribution in [2.45, 2.75) is 13.1 Å². The Hall–Kier alpha value is -2.42. The molecule has 8 nitrogen and oxygen atoms in total. The molecule has 0 unspecified atom stereocenters. The van der Waals surface area contributed by atoms with Crippen molar-refractivity contribution in [3.8, 4) is 0 Å². The molecule has 0 N–H and O–H groups in total. The summed E-state index contributed by atoms with van der Waals surface area (Å²) in [5.41, 5.74) is 1.20. The standard InChI is InChI=1S/C20H25ClN6O2/c1-23-8-10-26(11-9-23)13-16-22-18-17(19(28)25(3)20(29)24(18)2)27(16)12-14-4-6-15(21)7-5-14/h4-7H,8-13H2,1-3H3. The fraction of sp³-hybridized carbons (Fsp3) is 0.450. The van der Waals surface area contributed by atoms with Crippen molar-refractivity contribution < 1.29 is 0 Å². The van der Waals surface area contributed by atoms with Crippen molar-refractivity contribution in [3.63, 3.8) is 0 Å². The number of piperazine rings is 1. The third kappa shape index (κ3) is 3.75. The molecule has 9 heteroatoms. The summed E-state index contributed by atoms with van der Waals surface area (Å²) in [7, 11) is 5.28. The summed E-state index contributed by atoms with van der Waals surface area (Å²) in [6.45, 7) is 5.00. The molecule has 154 valence electrons. The zero-order valence-electron chi connectivity index (χ0n) is 16.9. The van der Waals surface area contributed by atoms with Crippen LogP contribution >= 0.6 is 11.6 Å². The lowest BCUT2D eigenvalue weighted by atomic mass is 10.2. The summed E-state index contributed by atoms with van der Waals surface area (Å²) in [5, 5.41) is 0.667. The van der Waals surface area contributed by atoms with Crippen molar-refractivity contribution in [2.75, 3.05) is 33.2 Å². The molecule has 29 heavy (non-hydrogen) atoms. The predicted octanol–water partition coefficient (Wildman–Crippen LogP) is 0.883. The lowest BCUT2D eigenvalue weighted by Gasteiger charge is -2.32. The molecular formula is C20H25ClN6O2. The molecule has 0 radical (unpaired) electrons. The van der Waals surface area contributed by atoms with Gasteiger partial charge in [0.25, 0.3) is 5.56 Å². The monoisotopic (exact) mass is 416 g/mol. The number of imidazole rings is 1. The highest BCUT2D eigenvalue weighted by atomic mass is 35.5. The van der Waals surface area contributed by atoms with Crippen molar-refractivity contribution in [3.05, 3.63) is 61.5 Å². The normalized spacial score (nSPS) is 16.0. The number of benzene rings is 1. The molecule has 0 aliphatic carbocycles. The molecule has 2 aromatic heterocycles. The van der Waals surface area contributed by atoms with Gasteiger partial charge in [-0.1, -0.05) is 23.7 Å². The van der Waals surface area contributed by atoms with E-state index in [1.54, 1.807) is 7.05 Å². The van der Waals surface area contributed by atoms with Crippen LogP contribution in [0.3, 0.4) is 0 Å². The second-order valence-corrected chi connectivity index (χ2v) is 8.13. The molecule has 0 amide bonds. The maximum absolute atomic E-state index is 13.0. The number of fused-ring (bicyclic) bond motifs is 1. The fourth-order valence-electron chi connectivity index (χ4n) is 3.76. The molecule has 0 atom stereocenters. The van der Waals surface area contributed by atoms with E-state index in [4.69, 9.17) is 16.6 Å². The zero-order chi connectivity index (χ0) is 20.7. The smallest absolute Gasteiger partial charge is 0.317 e. The molecule has 0 spiro atoms. The average Bonchev–Trinajstić information content (AvgIpc) is 3.06. The van der Waals surface area contributed by atoms with Gasteiger partial charge in [0.2, 0.25) is 0 Å². The van der Waals surface area contributed by atoms with Gasteiger partial charge in [-0.15, -0.1) is 0 Å². The molecule has 1 fully saturated rings.